The second kappa shape index (κ2) is 56.3. The summed E-state index contributed by atoms with van der Waals surface area (Å²) in [5.74, 6) is 0. The third kappa shape index (κ3) is 173. The third-order valence-electron chi connectivity index (χ3n) is 1.73. The van der Waals surface area contributed by atoms with Crippen LogP contribution in [-0.2, 0) is 0 Å². The van der Waals surface area contributed by atoms with E-state index >= 15 is 0 Å². The molecule has 2 unspecified atom stereocenters. The van der Waals surface area contributed by atoms with Crippen LogP contribution in [0.1, 0.15) is 33.6 Å². The lowest BCUT2D eigenvalue weighted by molar-refractivity contribution is 0.148. The van der Waals surface area contributed by atoms with Gasteiger partial charge >= 0.3 is 0 Å². The van der Waals surface area contributed by atoms with Gasteiger partial charge in [-0.1, -0.05) is 49.6 Å². The van der Waals surface area contributed by atoms with E-state index in [1.54, 1.807) is 44.2 Å². The zero-order valence-electron chi connectivity index (χ0n) is 17.2. The molecule has 0 amide bonds. The van der Waals surface area contributed by atoms with Crippen LogP contribution in [0, 0.1) is 0 Å². The zero-order valence-corrected chi connectivity index (χ0v) is 17.2. The van der Waals surface area contributed by atoms with Crippen LogP contribution in [0.3, 0.4) is 0 Å². The van der Waals surface area contributed by atoms with Crippen molar-refractivity contribution in [2.24, 2.45) is 0 Å². The van der Waals surface area contributed by atoms with Crippen LogP contribution >= 0.6 is 0 Å². The smallest absolute Gasteiger partial charge is 0.0690 e. The summed E-state index contributed by atoms with van der Waals surface area (Å²) >= 11 is 0. The van der Waals surface area contributed by atoms with Crippen LogP contribution in [0.25, 0.3) is 0 Å². The Morgan fingerprint density at radius 2 is 1.26 bits per heavy atom. The van der Waals surface area contributed by atoms with Gasteiger partial charge < -0.3 is 36.5 Å². The molecular weight excluding hydrogens is 352 g/mol. The van der Waals surface area contributed by atoms with Crippen LogP contribution in [0.15, 0.2) is 62.8 Å². The molecule has 0 aliphatic carbocycles. The minimum Gasteiger partial charge on any atom is -0.412 e. The van der Waals surface area contributed by atoms with E-state index in [0.717, 1.165) is 0 Å². The van der Waals surface area contributed by atoms with Gasteiger partial charge in [0, 0.05) is 13.2 Å². The monoisotopic (exact) mass is 396 g/mol. The molecule has 0 aromatic rings. The second-order valence-electron chi connectivity index (χ2n) is 4.36. The molecule has 0 bridgehead atoms. The van der Waals surface area contributed by atoms with Gasteiger partial charge in [0.25, 0.3) is 0 Å². The van der Waals surface area contributed by atoms with Crippen molar-refractivity contribution in [1.29, 1.82) is 0 Å². The summed E-state index contributed by atoms with van der Waals surface area (Å²) in [5.41, 5.74) is 0. The van der Waals surface area contributed by atoms with Crippen molar-refractivity contribution in [2.75, 3.05) is 19.8 Å². The van der Waals surface area contributed by atoms with Gasteiger partial charge in [-0.25, -0.2) is 0 Å². The molecule has 0 aliphatic heterocycles. The number of rotatable bonds is 7. The molecule has 0 fully saturated rings. The summed E-state index contributed by atoms with van der Waals surface area (Å²) in [4.78, 5) is 0. The lowest BCUT2D eigenvalue weighted by atomic mass is 10.3. The predicted molar refractivity (Wildman–Crippen MR) is 117 cm³/mol. The number of hydrogen-bond acceptors (Lipinski definition) is 5. The van der Waals surface area contributed by atoms with Gasteiger partial charge in [0.15, 0.2) is 0 Å². The maximum Gasteiger partial charge on any atom is 0.0690 e. The average molecular weight is 397 g/mol. The number of hydrogen-bond donors (Lipinski definition) is 5. The Bertz CT molecular complexity index is 270. The van der Waals surface area contributed by atoms with Crippen molar-refractivity contribution in [3.63, 3.8) is 0 Å². The minimum absolute atomic E-state index is 0. The molecule has 0 rings (SSSR count). The summed E-state index contributed by atoms with van der Waals surface area (Å²) in [7, 11) is 0. The van der Waals surface area contributed by atoms with Crippen LogP contribution < -0.4 is 0 Å². The highest BCUT2D eigenvalue weighted by Gasteiger charge is 1.88. The summed E-state index contributed by atoms with van der Waals surface area (Å²) < 4.78 is 0. The maximum absolute atomic E-state index is 8.39. The lowest BCUT2D eigenvalue weighted by Crippen LogP contribution is -2.00. The average Bonchev–Trinajstić information content (AvgIpc) is 2.58. The molecule has 7 heteroatoms. The standard InChI is InChI=1S/C4H10O2.3C4H8O.C4H6.2H2O/c1-4(6)2-3-5;1-3-4(2)5;2*1-2-3-4-5;1-3-4-2;;/h4-6H,2-3H2,1H3;3-5H,1H2,2H3;2-3,5H,4H2,1H3;2,5H,1,3-4H2;3-4H,1-2H2;2*1H2/b;;3-2+;;;;. The number of aliphatic hydroxyl groups is 5. The van der Waals surface area contributed by atoms with Crippen molar-refractivity contribution in [2.45, 2.75) is 45.8 Å². The summed E-state index contributed by atoms with van der Waals surface area (Å²) in [6.45, 7) is 19.1. The number of aliphatic hydroxyl groups excluding tert-OH is 5. The van der Waals surface area contributed by atoms with Gasteiger partial charge in [-0.05, 0) is 33.6 Å². The first-order valence-electron chi connectivity index (χ1n) is 8.05. The molecule has 0 aliphatic rings. The molecule has 0 aromatic carbocycles. The zero-order chi connectivity index (χ0) is 20.9. The van der Waals surface area contributed by atoms with Gasteiger partial charge in [0.05, 0.1) is 18.8 Å². The molecule has 0 aromatic heterocycles. The highest BCUT2D eigenvalue weighted by Crippen LogP contribution is 1.83. The van der Waals surface area contributed by atoms with Gasteiger partial charge in [-0.3, -0.25) is 0 Å². The summed E-state index contributed by atoms with van der Waals surface area (Å²) in [6, 6.07) is 0. The molecule has 0 saturated heterocycles. The van der Waals surface area contributed by atoms with Gasteiger partial charge in [0.1, 0.15) is 0 Å². The van der Waals surface area contributed by atoms with Crippen molar-refractivity contribution < 1.29 is 36.5 Å². The normalized spacial score (nSPS) is 9.78. The minimum atomic E-state index is -0.352. The fraction of sp³-hybridized carbons (Fsp3) is 0.500. The highest BCUT2D eigenvalue weighted by molar-refractivity contribution is 4.88. The molecule has 0 radical (unpaired) electrons. The molecule has 0 spiro atoms. The topological polar surface area (TPSA) is 164 Å². The van der Waals surface area contributed by atoms with E-state index < -0.39 is 0 Å². The van der Waals surface area contributed by atoms with Gasteiger partial charge in [-0.2, -0.15) is 0 Å². The Morgan fingerprint density at radius 1 is 0.852 bits per heavy atom. The van der Waals surface area contributed by atoms with E-state index in [4.69, 9.17) is 25.5 Å². The van der Waals surface area contributed by atoms with Gasteiger partial charge in [-0.15, -0.1) is 13.2 Å². The first kappa shape index (κ1) is 44.7. The molecule has 7 nitrogen and oxygen atoms in total. The first-order chi connectivity index (χ1) is 11.8. The Balaban J connectivity index is -0.0000000366. The Labute approximate surface area is 165 Å². The second-order valence-corrected chi connectivity index (χ2v) is 4.36. The fourth-order valence-electron chi connectivity index (χ4n) is 0.384. The largest absolute Gasteiger partial charge is 0.412 e. The van der Waals surface area contributed by atoms with Gasteiger partial charge in [0.2, 0.25) is 0 Å². The molecule has 0 saturated carbocycles. The van der Waals surface area contributed by atoms with Crippen molar-refractivity contribution in [3.8, 4) is 0 Å². The van der Waals surface area contributed by atoms with E-state index in [1.165, 1.54) is 6.08 Å². The molecular formula is C20H44O7. The quantitative estimate of drug-likeness (QED) is 0.321. The Morgan fingerprint density at radius 3 is 1.26 bits per heavy atom. The Kier molecular flexibility index (Phi) is 93.2. The van der Waals surface area contributed by atoms with Crippen molar-refractivity contribution in [3.05, 3.63) is 62.8 Å². The van der Waals surface area contributed by atoms with E-state index in [-0.39, 0.29) is 43.0 Å². The lowest BCUT2D eigenvalue weighted by Gasteiger charge is -1.95. The van der Waals surface area contributed by atoms with Crippen molar-refractivity contribution >= 4 is 0 Å². The van der Waals surface area contributed by atoms with Crippen LogP contribution in [0.2, 0.25) is 0 Å². The summed E-state index contributed by atoms with van der Waals surface area (Å²) in [6.07, 6.45) is 10.4. The fourth-order valence-corrected chi connectivity index (χ4v) is 0.384. The van der Waals surface area contributed by atoms with E-state index in [9.17, 15) is 0 Å². The van der Waals surface area contributed by atoms with E-state index in [1.807, 2.05) is 6.92 Å². The van der Waals surface area contributed by atoms with Crippen LogP contribution in [-0.4, -0.2) is 68.5 Å². The van der Waals surface area contributed by atoms with E-state index in [2.05, 4.69) is 26.3 Å². The van der Waals surface area contributed by atoms with E-state index in [0.29, 0.717) is 12.8 Å². The maximum atomic E-state index is 8.39. The first-order valence-corrected chi connectivity index (χ1v) is 8.05. The van der Waals surface area contributed by atoms with Crippen LogP contribution in [0.5, 0.6) is 0 Å². The molecule has 27 heavy (non-hydrogen) atoms. The van der Waals surface area contributed by atoms with Crippen molar-refractivity contribution in [1.82, 2.24) is 0 Å². The molecule has 166 valence electrons. The molecule has 9 N–H and O–H groups in total. The molecule has 0 heterocycles. The number of allylic oxidation sites excluding steroid dienone is 3. The predicted octanol–water partition coefficient (Wildman–Crippen LogP) is 1.12. The Hall–Kier alpha value is -1.58. The van der Waals surface area contributed by atoms with Crippen LogP contribution in [0.4, 0.5) is 0 Å². The summed E-state index contributed by atoms with van der Waals surface area (Å²) in [5, 5.41) is 40.7. The SMILES string of the molecule is C/C=C/CO.C=CC(C)O.C=CC=C.C=CCCO.CC(O)CCO.O.O. The highest BCUT2D eigenvalue weighted by atomic mass is 16.3. The third-order valence-corrected chi connectivity index (χ3v) is 1.73. The molecule has 2 atom stereocenters.